The van der Waals surface area contributed by atoms with Crippen LogP contribution in [0.2, 0.25) is 0 Å². The molecule has 63 heavy (non-hydrogen) atoms. The van der Waals surface area contributed by atoms with Gasteiger partial charge in [-0.3, -0.25) is 0 Å². The van der Waals surface area contributed by atoms with E-state index < -0.39 is 0 Å². The summed E-state index contributed by atoms with van der Waals surface area (Å²) in [5, 5.41) is 3.89. The van der Waals surface area contributed by atoms with Gasteiger partial charge in [0.1, 0.15) is 57.5 Å². The van der Waals surface area contributed by atoms with Crippen LogP contribution < -0.4 is 78.2 Å². The van der Waals surface area contributed by atoms with Crippen LogP contribution in [0.4, 0.5) is 11.4 Å². The number of rotatable bonds is 0. The molecule has 0 saturated carbocycles. The molecule has 0 spiro atoms. The zero-order valence-electron chi connectivity index (χ0n) is 37.2. The molecule has 7 aromatic rings. The number of ether oxygens (including phenoxy) is 5. The average Bonchev–Trinajstić information content (AvgIpc) is 3.23. The number of hydrogen-bond acceptors (Lipinski definition) is 6. The van der Waals surface area contributed by atoms with Crippen LogP contribution in [0.15, 0.2) is 109 Å². The van der Waals surface area contributed by atoms with E-state index in [0.29, 0.717) is 0 Å². The molecule has 0 saturated heterocycles. The Morgan fingerprint density at radius 3 is 1.16 bits per heavy atom. The van der Waals surface area contributed by atoms with Crippen LogP contribution in [-0.2, 0) is 16.2 Å². The summed E-state index contributed by atoms with van der Waals surface area (Å²) in [5.41, 5.74) is 15.4. The second-order valence-electron chi connectivity index (χ2n) is 21.4. The summed E-state index contributed by atoms with van der Waals surface area (Å²) < 4.78 is 34.6. The van der Waals surface area contributed by atoms with Gasteiger partial charge in [0, 0.05) is 34.4 Å². The lowest BCUT2D eigenvalue weighted by Gasteiger charge is -2.39. The fourth-order valence-electron chi connectivity index (χ4n) is 10.8. The molecule has 0 unspecified atom stereocenters. The summed E-state index contributed by atoms with van der Waals surface area (Å²) in [6.45, 7) is 19.9. The Kier molecular flexibility index (Phi) is 7.17. The number of nitrogens with one attached hydrogen (secondary N) is 1. The van der Waals surface area contributed by atoms with Crippen molar-refractivity contribution < 1.29 is 23.7 Å². The molecule has 6 aliphatic heterocycles. The molecule has 6 aliphatic rings. The highest BCUT2D eigenvalue weighted by atomic mass is 16.5. The van der Waals surface area contributed by atoms with E-state index >= 15 is 0 Å². The Bertz CT molecular complexity index is 3020. The third-order valence-corrected chi connectivity index (χ3v) is 14.2. The standard InChI is InChI=1S/C54H46B3NO5/c1-52(2,3)28-18-38-49-44(19-28)59-39-16-12-10-14-31(39)55(49)33-24-34-41(26-37(33)58-38)61-47-22-30(54(7,8)9)23-48-51(47)57(34)36-25-35-42(27-43(36)63-48)62-46-21-29(53(4,5)6)20-45-50(46)56(35)32-15-11-13-17-40(32)60-45/h10-27,58H,1-9H3. The predicted octanol–water partition coefficient (Wildman–Crippen LogP) is 7.71. The minimum absolute atomic E-state index is 0.0393. The van der Waals surface area contributed by atoms with Crippen LogP contribution in [0, 0.1) is 0 Å². The number of hydrogen-bond donors (Lipinski definition) is 1. The van der Waals surface area contributed by atoms with Crippen LogP contribution in [0.3, 0.4) is 0 Å². The monoisotopic (exact) mass is 821 g/mol. The van der Waals surface area contributed by atoms with Gasteiger partial charge in [0.2, 0.25) is 0 Å². The van der Waals surface area contributed by atoms with E-state index in [1.807, 2.05) is 0 Å². The lowest BCUT2D eigenvalue weighted by atomic mass is 9.30. The molecule has 0 radical (unpaired) electrons. The lowest BCUT2D eigenvalue weighted by molar-refractivity contribution is 0.446. The van der Waals surface area contributed by atoms with Crippen molar-refractivity contribution in [3.8, 4) is 57.5 Å². The van der Waals surface area contributed by atoms with Crippen LogP contribution in [0.1, 0.15) is 79.0 Å². The third kappa shape index (κ3) is 5.29. The largest absolute Gasteiger partial charge is 0.458 e. The van der Waals surface area contributed by atoms with Crippen molar-refractivity contribution in [2.75, 3.05) is 5.32 Å². The molecule has 0 bridgehead atoms. The first kappa shape index (κ1) is 37.1. The summed E-state index contributed by atoms with van der Waals surface area (Å²) in [6.07, 6.45) is 0. The Labute approximate surface area is 370 Å². The van der Waals surface area contributed by atoms with E-state index in [1.54, 1.807) is 0 Å². The molecule has 6 nitrogen and oxygen atoms in total. The van der Waals surface area contributed by atoms with Crippen molar-refractivity contribution >= 4 is 80.7 Å². The van der Waals surface area contributed by atoms with Gasteiger partial charge in [-0.2, -0.15) is 0 Å². The Hall–Kier alpha value is -6.47. The van der Waals surface area contributed by atoms with E-state index in [0.717, 1.165) is 118 Å². The fourth-order valence-corrected chi connectivity index (χ4v) is 10.8. The highest BCUT2D eigenvalue weighted by Crippen LogP contribution is 2.44. The predicted molar refractivity (Wildman–Crippen MR) is 259 cm³/mol. The zero-order valence-corrected chi connectivity index (χ0v) is 37.2. The van der Waals surface area contributed by atoms with Crippen molar-refractivity contribution in [3.63, 3.8) is 0 Å². The molecule has 1 N–H and O–H groups in total. The van der Waals surface area contributed by atoms with Crippen molar-refractivity contribution in [1.82, 2.24) is 0 Å². The molecule has 0 aromatic heterocycles. The molecular weight excluding hydrogens is 775 g/mol. The summed E-state index contributed by atoms with van der Waals surface area (Å²) in [7, 11) is 0. The van der Waals surface area contributed by atoms with Gasteiger partial charge in [-0.05, 0) is 120 Å². The first-order valence-corrected chi connectivity index (χ1v) is 22.3. The number of fused-ring (bicyclic) bond motifs is 12. The first-order chi connectivity index (χ1) is 30.1. The normalized spacial score (nSPS) is 15.1. The van der Waals surface area contributed by atoms with E-state index in [9.17, 15) is 0 Å². The van der Waals surface area contributed by atoms with Gasteiger partial charge in [-0.25, -0.2) is 0 Å². The van der Waals surface area contributed by atoms with Gasteiger partial charge in [-0.15, -0.1) is 0 Å². The molecule has 7 aromatic carbocycles. The minimum atomic E-state index is -0.175. The molecule has 6 heterocycles. The number of para-hydroxylation sites is 2. The topological polar surface area (TPSA) is 58.2 Å². The first-order valence-electron chi connectivity index (χ1n) is 22.3. The SMILES string of the molecule is CC(C)(C)c1cc2c3c(c1)Oc1ccccc1B3c1cc3c(cc1N2)Oc1cc(C(C)(C)C)cc2c1B3c1cc3c(cc1O2)Oc1cc(C(C)(C)C)cc2c1B3c1ccccc1O2. The van der Waals surface area contributed by atoms with Crippen molar-refractivity contribution in [3.05, 3.63) is 126 Å². The molecule has 0 aliphatic carbocycles. The molecule has 0 fully saturated rings. The Balaban J connectivity index is 1.04. The maximum absolute atomic E-state index is 7.11. The van der Waals surface area contributed by atoms with Crippen molar-refractivity contribution in [2.45, 2.75) is 78.6 Å². The minimum Gasteiger partial charge on any atom is -0.458 e. The van der Waals surface area contributed by atoms with Crippen molar-refractivity contribution in [1.29, 1.82) is 0 Å². The number of benzene rings is 7. The van der Waals surface area contributed by atoms with E-state index in [2.05, 4.69) is 177 Å². The number of anilines is 2. The molecule has 9 heteroatoms. The zero-order chi connectivity index (χ0) is 43.1. The third-order valence-electron chi connectivity index (χ3n) is 14.2. The second kappa shape index (κ2) is 12.2. The lowest BCUT2D eigenvalue weighted by Crippen LogP contribution is -2.63. The summed E-state index contributed by atoms with van der Waals surface area (Å²) in [4.78, 5) is 0. The average molecular weight is 821 g/mol. The molecule has 306 valence electrons. The van der Waals surface area contributed by atoms with E-state index in [1.165, 1.54) is 16.5 Å². The Morgan fingerprint density at radius 1 is 0.317 bits per heavy atom. The summed E-state index contributed by atoms with van der Waals surface area (Å²) in [6, 6.07) is 39.5. The highest BCUT2D eigenvalue weighted by Gasteiger charge is 2.48. The van der Waals surface area contributed by atoms with Gasteiger partial charge in [0.25, 0.3) is 20.1 Å². The van der Waals surface area contributed by atoms with Gasteiger partial charge in [0.15, 0.2) is 0 Å². The smallest absolute Gasteiger partial charge is 0.260 e. The molecule has 0 atom stereocenters. The maximum atomic E-state index is 7.11. The molecule has 13 rings (SSSR count). The summed E-state index contributed by atoms with van der Waals surface area (Å²) >= 11 is 0. The van der Waals surface area contributed by atoms with E-state index in [-0.39, 0.29) is 36.4 Å². The van der Waals surface area contributed by atoms with Gasteiger partial charge >= 0.3 is 0 Å². The van der Waals surface area contributed by atoms with Gasteiger partial charge in [0.05, 0.1) is 0 Å². The molecular formula is C54H46B3NO5. The van der Waals surface area contributed by atoms with Crippen molar-refractivity contribution in [2.24, 2.45) is 0 Å². The highest BCUT2D eigenvalue weighted by molar-refractivity contribution is 7.02. The van der Waals surface area contributed by atoms with Crippen LogP contribution in [0.5, 0.6) is 57.5 Å². The fraction of sp³-hybridized carbons (Fsp3) is 0.222. The summed E-state index contributed by atoms with van der Waals surface area (Å²) in [5.74, 6) is 8.44. The van der Waals surface area contributed by atoms with E-state index in [4.69, 9.17) is 23.7 Å². The Morgan fingerprint density at radius 2 is 0.683 bits per heavy atom. The quantitative estimate of drug-likeness (QED) is 0.158. The molecule has 0 amide bonds. The van der Waals surface area contributed by atoms with Crippen LogP contribution in [-0.4, -0.2) is 20.1 Å². The van der Waals surface area contributed by atoms with Gasteiger partial charge < -0.3 is 29.0 Å². The maximum Gasteiger partial charge on any atom is 0.260 e. The second-order valence-corrected chi connectivity index (χ2v) is 21.4. The van der Waals surface area contributed by atoms with Crippen LogP contribution in [0.25, 0.3) is 0 Å². The van der Waals surface area contributed by atoms with Gasteiger partial charge in [-0.1, -0.05) is 111 Å². The van der Waals surface area contributed by atoms with Crippen LogP contribution >= 0.6 is 0 Å².